The van der Waals surface area contributed by atoms with E-state index in [2.05, 4.69) is 9.82 Å². The van der Waals surface area contributed by atoms with Crippen LogP contribution >= 0.6 is 0 Å². The van der Waals surface area contributed by atoms with E-state index in [0.29, 0.717) is 0 Å². The minimum absolute atomic E-state index is 0. The van der Waals surface area contributed by atoms with Crippen LogP contribution in [0.5, 0.6) is 0 Å². The number of hydrogen-bond acceptors (Lipinski definition) is 3. The summed E-state index contributed by atoms with van der Waals surface area (Å²) in [5, 5.41) is 0. The molecular formula is C5H7N2NaO2. The molecule has 1 heterocycles. The van der Waals surface area contributed by atoms with Gasteiger partial charge in [0.15, 0.2) is 0 Å². The van der Waals surface area contributed by atoms with Crippen LogP contribution in [0.2, 0.25) is 0 Å². The van der Waals surface area contributed by atoms with Crippen molar-refractivity contribution in [3.63, 3.8) is 0 Å². The first kappa shape index (κ1) is 9.68. The van der Waals surface area contributed by atoms with Crippen LogP contribution in [0.4, 0.5) is 0 Å². The molecule has 0 radical (unpaired) electrons. The van der Waals surface area contributed by atoms with E-state index in [1.807, 2.05) is 0 Å². The summed E-state index contributed by atoms with van der Waals surface area (Å²) in [6.07, 6.45) is 4.48. The number of carbonyl (C=O) groups excluding carboxylic acids is 1. The molecule has 0 atom stereocenters. The molecule has 1 aromatic heterocycles. The minimum atomic E-state index is -0.354. The molecule has 0 bridgehead atoms. The van der Waals surface area contributed by atoms with E-state index in [4.69, 9.17) is 0 Å². The molecular weight excluding hydrogens is 143 g/mol. The predicted molar refractivity (Wildman–Crippen MR) is 36.6 cm³/mol. The average molecular weight is 150 g/mol. The second kappa shape index (κ2) is 4.49. The summed E-state index contributed by atoms with van der Waals surface area (Å²) in [4.78, 5) is 18.5. The van der Waals surface area contributed by atoms with Gasteiger partial charge < -0.3 is 4.84 Å². The van der Waals surface area contributed by atoms with Crippen LogP contribution in [0, 0.1) is 0 Å². The van der Waals surface area contributed by atoms with E-state index in [1.165, 1.54) is 24.2 Å². The van der Waals surface area contributed by atoms with Crippen LogP contribution in [0.3, 0.4) is 0 Å². The summed E-state index contributed by atoms with van der Waals surface area (Å²) >= 11 is 0. The van der Waals surface area contributed by atoms with Crippen molar-refractivity contribution < 1.29 is 9.63 Å². The van der Waals surface area contributed by atoms with Crippen LogP contribution in [0.25, 0.3) is 0 Å². The topological polar surface area (TPSA) is 44.1 Å². The average Bonchev–Trinajstić information content (AvgIpc) is 2.15. The number of imidazole rings is 1. The van der Waals surface area contributed by atoms with Gasteiger partial charge >= 0.3 is 35.5 Å². The zero-order valence-corrected chi connectivity index (χ0v) is 4.94. The quantitative estimate of drug-likeness (QED) is 0.493. The molecule has 0 aromatic carbocycles. The van der Waals surface area contributed by atoms with Gasteiger partial charge in [0.1, 0.15) is 6.33 Å². The number of rotatable bonds is 1. The molecule has 0 saturated heterocycles. The Bertz CT molecular complexity index is 197. The summed E-state index contributed by atoms with van der Waals surface area (Å²) in [6.45, 7) is 1.33. The van der Waals surface area contributed by atoms with Crippen LogP contribution in [-0.2, 0) is 4.79 Å². The third-order valence-electron chi connectivity index (χ3n) is 0.714. The van der Waals surface area contributed by atoms with E-state index >= 15 is 0 Å². The number of hydrogen-bond donors (Lipinski definition) is 0. The summed E-state index contributed by atoms with van der Waals surface area (Å²) in [5.41, 5.74) is 0. The Morgan fingerprint density at radius 1 is 1.70 bits per heavy atom. The van der Waals surface area contributed by atoms with E-state index in [0.717, 1.165) is 0 Å². The van der Waals surface area contributed by atoms with Gasteiger partial charge in [0.05, 0.1) is 6.20 Å². The standard InChI is InChI=1S/C5H6N2O2.Na.H/c1-5(8)9-7-3-2-6-4-7;;/h2-4H,1H3;;. The van der Waals surface area contributed by atoms with E-state index < -0.39 is 0 Å². The Balaban J connectivity index is 0.000000810. The second-order valence-corrected chi connectivity index (χ2v) is 1.51. The van der Waals surface area contributed by atoms with Crippen molar-refractivity contribution >= 4 is 35.5 Å². The van der Waals surface area contributed by atoms with E-state index in [9.17, 15) is 4.79 Å². The molecule has 0 unspecified atom stereocenters. The van der Waals surface area contributed by atoms with Crippen molar-refractivity contribution in [2.24, 2.45) is 0 Å². The molecule has 4 nitrogen and oxygen atoms in total. The van der Waals surface area contributed by atoms with Crippen molar-refractivity contribution in [3.05, 3.63) is 18.7 Å². The summed E-state index contributed by atoms with van der Waals surface area (Å²) in [7, 11) is 0. The summed E-state index contributed by atoms with van der Waals surface area (Å²) in [6, 6.07) is 0. The zero-order chi connectivity index (χ0) is 6.69. The van der Waals surface area contributed by atoms with Crippen LogP contribution in [0.1, 0.15) is 6.92 Å². The van der Waals surface area contributed by atoms with Gasteiger partial charge in [0, 0.05) is 13.1 Å². The molecule has 0 N–H and O–H groups in total. The Kier molecular flexibility index (Phi) is 4.34. The SMILES string of the molecule is CC(=O)On1ccnc1.[NaH]. The first-order valence-corrected chi connectivity index (χ1v) is 2.46. The second-order valence-electron chi connectivity index (χ2n) is 1.51. The Morgan fingerprint density at radius 3 is 2.80 bits per heavy atom. The van der Waals surface area contributed by atoms with Gasteiger partial charge in [-0.15, -0.1) is 0 Å². The van der Waals surface area contributed by atoms with Gasteiger partial charge in [-0.25, -0.2) is 9.78 Å². The van der Waals surface area contributed by atoms with Gasteiger partial charge in [-0.2, -0.15) is 4.73 Å². The van der Waals surface area contributed by atoms with Crippen LogP contribution in [-0.4, -0.2) is 45.2 Å². The first-order chi connectivity index (χ1) is 4.29. The maximum atomic E-state index is 10.2. The summed E-state index contributed by atoms with van der Waals surface area (Å²) < 4.78 is 1.24. The number of carbonyl (C=O) groups is 1. The van der Waals surface area contributed by atoms with Gasteiger partial charge in [-0.3, -0.25) is 0 Å². The molecule has 50 valence electrons. The fraction of sp³-hybridized carbons (Fsp3) is 0.200. The summed E-state index contributed by atoms with van der Waals surface area (Å²) in [5.74, 6) is -0.354. The van der Waals surface area contributed by atoms with E-state index in [-0.39, 0.29) is 35.5 Å². The molecule has 0 saturated carbocycles. The van der Waals surface area contributed by atoms with Crippen molar-refractivity contribution in [3.8, 4) is 0 Å². The van der Waals surface area contributed by atoms with Crippen LogP contribution < -0.4 is 4.84 Å². The Morgan fingerprint density at radius 2 is 2.40 bits per heavy atom. The third-order valence-corrected chi connectivity index (χ3v) is 0.714. The van der Waals surface area contributed by atoms with Crippen molar-refractivity contribution in [1.82, 2.24) is 9.71 Å². The van der Waals surface area contributed by atoms with Gasteiger partial charge in [0.2, 0.25) is 0 Å². The van der Waals surface area contributed by atoms with Gasteiger partial charge in [0.25, 0.3) is 0 Å². The molecule has 0 aliphatic heterocycles. The molecule has 0 aliphatic rings. The Hall–Kier alpha value is -0.320. The number of nitrogens with zero attached hydrogens (tertiary/aromatic N) is 2. The fourth-order valence-corrected chi connectivity index (χ4v) is 0.449. The van der Waals surface area contributed by atoms with Gasteiger partial charge in [-0.05, 0) is 0 Å². The van der Waals surface area contributed by atoms with E-state index in [1.54, 1.807) is 6.20 Å². The Labute approximate surface area is 80.4 Å². The molecule has 0 fully saturated rings. The normalized spacial score (nSPS) is 8.10. The molecule has 0 aliphatic carbocycles. The van der Waals surface area contributed by atoms with Gasteiger partial charge in [-0.1, -0.05) is 0 Å². The molecule has 10 heavy (non-hydrogen) atoms. The number of aromatic nitrogens is 2. The monoisotopic (exact) mass is 150 g/mol. The molecule has 5 heteroatoms. The molecule has 1 aromatic rings. The van der Waals surface area contributed by atoms with Crippen molar-refractivity contribution in [2.75, 3.05) is 0 Å². The molecule has 0 spiro atoms. The van der Waals surface area contributed by atoms with Crippen LogP contribution in [0.15, 0.2) is 18.7 Å². The van der Waals surface area contributed by atoms with Crippen molar-refractivity contribution in [1.29, 1.82) is 0 Å². The van der Waals surface area contributed by atoms with Crippen molar-refractivity contribution in [2.45, 2.75) is 6.92 Å². The molecule has 1 rings (SSSR count). The molecule has 0 amide bonds. The fourth-order valence-electron chi connectivity index (χ4n) is 0.449. The predicted octanol–water partition coefficient (Wildman–Crippen LogP) is -0.790. The zero-order valence-electron chi connectivity index (χ0n) is 4.94. The third kappa shape index (κ3) is 3.00. The maximum absolute atomic E-state index is 10.2. The first-order valence-electron chi connectivity index (χ1n) is 2.46.